The number of hydrogen-bond donors (Lipinski definition) is 1. The van der Waals surface area contributed by atoms with Crippen molar-refractivity contribution in [1.29, 1.82) is 0 Å². The van der Waals surface area contributed by atoms with E-state index in [0.717, 1.165) is 32.2 Å². The minimum atomic E-state index is 0.261. The Balaban J connectivity index is 1.75. The number of hydrogen-bond acceptors (Lipinski definition) is 5. The molecule has 110 valence electrons. The van der Waals surface area contributed by atoms with Crippen molar-refractivity contribution in [2.24, 2.45) is 0 Å². The molecule has 1 fully saturated rings. The fraction of sp³-hybridized carbons (Fsp3) is 0.400. The van der Waals surface area contributed by atoms with Gasteiger partial charge in [-0.05, 0) is 40.9 Å². The first kappa shape index (κ1) is 13.4. The van der Waals surface area contributed by atoms with E-state index in [-0.39, 0.29) is 6.79 Å². The Labute approximate surface area is 135 Å². The average Bonchev–Trinajstić information content (AvgIpc) is 3.17. The Morgan fingerprint density at radius 1 is 1.24 bits per heavy atom. The van der Waals surface area contributed by atoms with E-state index in [0.29, 0.717) is 5.92 Å². The lowest BCUT2D eigenvalue weighted by atomic mass is 10.1. The summed E-state index contributed by atoms with van der Waals surface area (Å²) in [5.74, 6) is 2.08. The second-order valence-electron chi connectivity index (χ2n) is 5.44. The van der Waals surface area contributed by atoms with Gasteiger partial charge < -0.3 is 15.2 Å². The molecule has 0 spiro atoms. The Morgan fingerprint density at radius 3 is 2.86 bits per heavy atom. The van der Waals surface area contributed by atoms with E-state index in [2.05, 4.69) is 15.9 Å². The molecule has 4 rings (SSSR count). The molecule has 1 aliphatic carbocycles. The molecule has 0 bridgehead atoms. The van der Waals surface area contributed by atoms with Crippen molar-refractivity contribution in [3.05, 3.63) is 21.6 Å². The molecule has 2 aromatic rings. The van der Waals surface area contributed by atoms with Crippen LogP contribution in [0.1, 0.15) is 36.6 Å². The number of rotatable bonds is 2. The Kier molecular flexibility index (Phi) is 3.30. The third-order valence-corrected chi connectivity index (χ3v) is 5.71. The Bertz CT molecular complexity index is 695. The maximum absolute atomic E-state index is 6.20. The van der Waals surface area contributed by atoms with Crippen LogP contribution in [0.3, 0.4) is 0 Å². The Morgan fingerprint density at radius 2 is 2.05 bits per heavy atom. The van der Waals surface area contributed by atoms with Gasteiger partial charge in [-0.2, -0.15) is 0 Å². The second kappa shape index (κ2) is 5.18. The lowest BCUT2D eigenvalue weighted by Gasteiger charge is -2.04. The van der Waals surface area contributed by atoms with Crippen LogP contribution < -0.4 is 15.2 Å². The van der Waals surface area contributed by atoms with Gasteiger partial charge in [0.2, 0.25) is 6.79 Å². The molecule has 0 unspecified atom stereocenters. The van der Waals surface area contributed by atoms with Crippen LogP contribution in [0.15, 0.2) is 16.6 Å². The standard InChI is InChI=1S/C15H15BrN2O2S/c16-10-5-9(6-11-13(10)20-7-19-11)12-14(17)21-15(18-12)8-3-1-2-4-8/h5-6,8H,1-4,7,17H2. The van der Waals surface area contributed by atoms with Crippen molar-refractivity contribution in [2.75, 3.05) is 12.5 Å². The van der Waals surface area contributed by atoms with Crippen molar-refractivity contribution in [3.63, 3.8) is 0 Å². The van der Waals surface area contributed by atoms with Crippen LogP contribution in [0.5, 0.6) is 11.5 Å². The molecule has 21 heavy (non-hydrogen) atoms. The van der Waals surface area contributed by atoms with Crippen molar-refractivity contribution >= 4 is 32.3 Å². The molecule has 2 heterocycles. The van der Waals surface area contributed by atoms with E-state index in [1.807, 2.05) is 12.1 Å². The topological polar surface area (TPSA) is 57.4 Å². The van der Waals surface area contributed by atoms with Gasteiger partial charge in [0.1, 0.15) is 10.7 Å². The van der Waals surface area contributed by atoms with Crippen molar-refractivity contribution in [2.45, 2.75) is 31.6 Å². The lowest BCUT2D eigenvalue weighted by molar-refractivity contribution is 0.173. The summed E-state index contributed by atoms with van der Waals surface area (Å²) in [5.41, 5.74) is 8.04. The molecule has 1 saturated carbocycles. The number of nitrogens with two attached hydrogens (primary N) is 1. The van der Waals surface area contributed by atoms with Gasteiger partial charge in [-0.1, -0.05) is 12.8 Å². The quantitative estimate of drug-likeness (QED) is 0.847. The number of aromatic nitrogens is 1. The highest BCUT2D eigenvalue weighted by Gasteiger charge is 2.24. The van der Waals surface area contributed by atoms with Crippen LogP contribution in [-0.4, -0.2) is 11.8 Å². The van der Waals surface area contributed by atoms with Crippen LogP contribution in [0.25, 0.3) is 11.3 Å². The van der Waals surface area contributed by atoms with Gasteiger partial charge in [-0.25, -0.2) is 4.98 Å². The fourth-order valence-electron chi connectivity index (χ4n) is 3.01. The third kappa shape index (κ3) is 2.30. The molecule has 0 radical (unpaired) electrons. The van der Waals surface area contributed by atoms with Gasteiger partial charge in [-0.3, -0.25) is 0 Å². The van der Waals surface area contributed by atoms with Crippen molar-refractivity contribution < 1.29 is 9.47 Å². The maximum Gasteiger partial charge on any atom is 0.231 e. The lowest BCUT2D eigenvalue weighted by Crippen LogP contribution is -1.93. The second-order valence-corrected chi connectivity index (χ2v) is 7.35. The summed E-state index contributed by atoms with van der Waals surface area (Å²) in [6.07, 6.45) is 5.07. The monoisotopic (exact) mass is 366 g/mol. The number of ether oxygens (including phenoxy) is 2. The summed E-state index contributed by atoms with van der Waals surface area (Å²) in [5, 5.41) is 1.96. The number of fused-ring (bicyclic) bond motifs is 1. The van der Waals surface area contributed by atoms with Gasteiger partial charge in [-0.15, -0.1) is 11.3 Å². The molecule has 0 amide bonds. The van der Waals surface area contributed by atoms with Crippen LogP contribution in [0.4, 0.5) is 5.00 Å². The molecule has 2 N–H and O–H groups in total. The summed E-state index contributed by atoms with van der Waals surface area (Å²) in [7, 11) is 0. The summed E-state index contributed by atoms with van der Waals surface area (Å²) in [6.45, 7) is 0.261. The SMILES string of the molecule is Nc1sc(C2CCCC2)nc1-c1cc(Br)c2c(c1)OCO2. The largest absolute Gasteiger partial charge is 0.454 e. The predicted octanol–water partition coefficient (Wildman–Crippen LogP) is 4.54. The number of anilines is 1. The normalized spacial score (nSPS) is 17.6. The van der Waals surface area contributed by atoms with Gasteiger partial charge >= 0.3 is 0 Å². The number of thiazole rings is 1. The first-order chi connectivity index (χ1) is 10.2. The van der Waals surface area contributed by atoms with Gasteiger partial charge in [0.15, 0.2) is 11.5 Å². The molecule has 1 aromatic heterocycles. The average molecular weight is 367 g/mol. The fourth-order valence-corrected chi connectivity index (χ4v) is 4.59. The van der Waals surface area contributed by atoms with Crippen LogP contribution in [0.2, 0.25) is 0 Å². The molecule has 0 atom stereocenters. The van der Waals surface area contributed by atoms with E-state index >= 15 is 0 Å². The van der Waals surface area contributed by atoms with Crippen molar-refractivity contribution in [3.8, 4) is 22.8 Å². The Hall–Kier alpha value is -1.27. The van der Waals surface area contributed by atoms with Crippen LogP contribution >= 0.6 is 27.3 Å². The molecule has 6 heteroatoms. The van der Waals surface area contributed by atoms with E-state index in [1.165, 1.54) is 30.7 Å². The van der Waals surface area contributed by atoms with E-state index in [9.17, 15) is 0 Å². The number of nitrogens with zero attached hydrogens (tertiary/aromatic N) is 1. The zero-order chi connectivity index (χ0) is 14.4. The summed E-state index contributed by atoms with van der Waals surface area (Å²) in [6, 6.07) is 3.95. The van der Waals surface area contributed by atoms with Gasteiger partial charge in [0.05, 0.1) is 9.48 Å². The molecule has 2 aliphatic rings. The van der Waals surface area contributed by atoms with Gasteiger partial charge in [0, 0.05) is 11.5 Å². The summed E-state index contributed by atoms with van der Waals surface area (Å²) in [4.78, 5) is 4.80. The number of halogens is 1. The van der Waals surface area contributed by atoms with Crippen molar-refractivity contribution in [1.82, 2.24) is 4.98 Å². The molecule has 0 saturated heterocycles. The zero-order valence-electron chi connectivity index (χ0n) is 11.4. The highest BCUT2D eigenvalue weighted by atomic mass is 79.9. The minimum absolute atomic E-state index is 0.261. The minimum Gasteiger partial charge on any atom is -0.454 e. The molecule has 1 aliphatic heterocycles. The summed E-state index contributed by atoms with van der Waals surface area (Å²) >= 11 is 5.15. The molecular weight excluding hydrogens is 352 g/mol. The van der Waals surface area contributed by atoms with E-state index in [1.54, 1.807) is 11.3 Å². The molecular formula is C15H15BrN2O2S. The van der Waals surface area contributed by atoms with Crippen LogP contribution in [0, 0.1) is 0 Å². The van der Waals surface area contributed by atoms with E-state index < -0.39 is 0 Å². The first-order valence-corrected chi connectivity index (χ1v) is 8.69. The third-order valence-electron chi connectivity index (χ3n) is 4.07. The highest BCUT2D eigenvalue weighted by Crippen LogP contribution is 2.45. The first-order valence-electron chi connectivity index (χ1n) is 7.08. The molecule has 1 aromatic carbocycles. The highest BCUT2D eigenvalue weighted by molar-refractivity contribution is 9.10. The predicted molar refractivity (Wildman–Crippen MR) is 87.0 cm³/mol. The number of benzene rings is 1. The maximum atomic E-state index is 6.20. The van der Waals surface area contributed by atoms with E-state index in [4.69, 9.17) is 20.2 Å². The van der Waals surface area contributed by atoms with Crippen LogP contribution in [-0.2, 0) is 0 Å². The smallest absolute Gasteiger partial charge is 0.231 e. The molecule has 4 nitrogen and oxygen atoms in total. The summed E-state index contributed by atoms with van der Waals surface area (Å²) < 4.78 is 11.8. The number of nitrogen functional groups attached to an aromatic ring is 1. The zero-order valence-corrected chi connectivity index (χ0v) is 13.8. The van der Waals surface area contributed by atoms with Gasteiger partial charge in [0.25, 0.3) is 0 Å².